The van der Waals surface area contributed by atoms with Crippen LogP contribution in [0.25, 0.3) is 0 Å². The van der Waals surface area contributed by atoms with E-state index in [1.165, 1.54) is 7.11 Å². The van der Waals surface area contributed by atoms with Crippen LogP contribution in [0, 0.1) is 0 Å². The van der Waals surface area contributed by atoms with E-state index in [-0.39, 0.29) is 6.09 Å². The minimum atomic E-state index is -0.296. The number of hydrogen-bond acceptors (Lipinski definition) is 5. The molecule has 6 nitrogen and oxygen atoms in total. The van der Waals surface area contributed by atoms with Gasteiger partial charge < -0.3 is 24.0 Å². The number of hydrogen-bond donors (Lipinski definition) is 0. The van der Waals surface area contributed by atoms with Crippen LogP contribution in [0.15, 0.2) is 12.1 Å². The molecule has 0 radical (unpaired) electrons. The largest absolute Gasteiger partial charge is 0.495 e. The van der Waals surface area contributed by atoms with Crippen LogP contribution in [0.3, 0.4) is 0 Å². The zero-order chi connectivity index (χ0) is 15.4. The predicted molar refractivity (Wildman–Crippen MR) is 80.7 cm³/mol. The van der Waals surface area contributed by atoms with Crippen molar-refractivity contribution >= 4 is 23.4 Å². The number of carbonyl (C=O) groups is 1. The highest BCUT2D eigenvalue weighted by molar-refractivity contribution is 6.32. The normalized spacial score (nSPS) is 14.9. The van der Waals surface area contributed by atoms with Gasteiger partial charge in [-0.1, -0.05) is 11.6 Å². The van der Waals surface area contributed by atoms with Gasteiger partial charge in [0.1, 0.15) is 11.5 Å². The number of piperazine rings is 1. The van der Waals surface area contributed by atoms with Crippen molar-refractivity contribution in [3.8, 4) is 11.5 Å². The maximum Gasteiger partial charge on any atom is 0.409 e. The van der Waals surface area contributed by atoms with Crippen molar-refractivity contribution in [3.63, 3.8) is 0 Å². The lowest BCUT2D eigenvalue weighted by Gasteiger charge is -2.36. The number of nitrogens with zero attached hydrogens (tertiary/aromatic N) is 2. The third-order valence-electron chi connectivity index (χ3n) is 3.51. The van der Waals surface area contributed by atoms with E-state index < -0.39 is 0 Å². The zero-order valence-electron chi connectivity index (χ0n) is 12.4. The highest BCUT2D eigenvalue weighted by atomic mass is 35.5. The number of benzene rings is 1. The monoisotopic (exact) mass is 314 g/mol. The quantitative estimate of drug-likeness (QED) is 0.856. The summed E-state index contributed by atoms with van der Waals surface area (Å²) in [6, 6.07) is 3.59. The fourth-order valence-electron chi connectivity index (χ4n) is 2.35. The predicted octanol–water partition coefficient (Wildman–Crippen LogP) is 2.25. The Balaban J connectivity index is 2.17. The van der Waals surface area contributed by atoms with E-state index in [2.05, 4.69) is 4.90 Å². The van der Waals surface area contributed by atoms with Crippen LogP contribution in [0.4, 0.5) is 10.5 Å². The van der Waals surface area contributed by atoms with E-state index in [0.29, 0.717) is 42.7 Å². The Morgan fingerprint density at radius 3 is 2.19 bits per heavy atom. The lowest BCUT2D eigenvalue weighted by molar-refractivity contribution is 0.121. The summed E-state index contributed by atoms with van der Waals surface area (Å²) < 4.78 is 15.4. The molecule has 1 fully saturated rings. The van der Waals surface area contributed by atoms with Gasteiger partial charge >= 0.3 is 6.09 Å². The van der Waals surface area contributed by atoms with E-state index in [1.54, 1.807) is 25.2 Å². The second-order valence-corrected chi connectivity index (χ2v) is 5.01. The fraction of sp³-hybridized carbons (Fsp3) is 0.500. The minimum absolute atomic E-state index is 0.296. The third kappa shape index (κ3) is 3.26. The van der Waals surface area contributed by atoms with Crippen LogP contribution in [-0.4, -0.2) is 58.5 Å². The number of carbonyl (C=O) groups excluding carboxylic acids is 1. The van der Waals surface area contributed by atoms with Crippen molar-refractivity contribution in [1.82, 2.24) is 4.90 Å². The fourth-order valence-corrected chi connectivity index (χ4v) is 2.58. The second kappa shape index (κ2) is 6.76. The van der Waals surface area contributed by atoms with Crippen LogP contribution in [0.2, 0.25) is 5.02 Å². The molecule has 1 amide bonds. The van der Waals surface area contributed by atoms with Crippen molar-refractivity contribution < 1.29 is 19.0 Å². The highest BCUT2D eigenvalue weighted by Gasteiger charge is 2.24. The molecule has 0 spiro atoms. The summed E-state index contributed by atoms with van der Waals surface area (Å²) in [5.74, 6) is 1.29. The lowest BCUT2D eigenvalue weighted by atomic mass is 10.2. The van der Waals surface area contributed by atoms with Crippen molar-refractivity contribution in [3.05, 3.63) is 17.2 Å². The molecule has 0 aromatic heterocycles. The van der Waals surface area contributed by atoms with Gasteiger partial charge in [-0.15, -0.1) is 0 Å². The molecular weight excluding hydrogens is 296 g/mol. The van der Waals surface area contributed by atoms with Gasteiger partial charge in [0.2, 0.25) is 0 Å². The first-order valence-electron chi connectivity index (χ1n) is 6.60. The molecular formula is C14H19ClN2O4. The molecule has 116 valence electrons. The van der Waals surface area contributed by atoms with Gasteiger partial charge in [0, 0.05) is 38.3 Å². The Morgan fingerprint density at radius 1 is 1.05 bits per heavy atom. The maximum atomic E-state index is 11.5. The molecule has 0 unspecified atom stereocenters. The van der Waals surface area contributed by atoms with Gasteiger partial charge in [-0.3, -0.25) is 0 Å². The van der Waals surface area contributed by atoms with Gasteiger partial charge in [-0.2, -0.15) is 0 Å². The summed E-state index contributed by atoms with van der Waals surface area (Å²) in [5.41, 5.74) is 0.906. The average molecular weight is 315 g/mol. The van der Waals surface area contributed by atoms with E-state index in [1.807, 2.05) is 6.07 Å². The van der Waals surface area contributed by atoms with Crippen LogP contribution >= 0.6 is 11.6 Å². The summed E-state index contributed by atoms with van der Waals surface area (Å²) in [6.45, 7) is 2.58. The Bertz CT molecular complexity index is 516. The third-order valence-corrected chi connectivity index (χ3v) is 3.80. The average Bonchev–Trinajstić information content (AvgIpc) is 2.54. The molecule has 21 heavy (non-hydrogen) atoms. The van der Waals surface area contributed by atoms with E-state index in [0.717, 1.165) is 5.69 Å². The number of methoxy groups -OCH3 is 3. The summed E-state index contributed by atoms with van der Waals surface area (Å²) in [4.78, 5) is 15.3. The first kappa shape index (κ1) is 15.6. The summed E-state index contributed by atoms with van der Waals surface area (Å²) in [5, 5.41) is 0.506. The minimum Gasteiger partial charge on any atom is -0.495 e. The van der Waals surface area contributed by atoms with Crippen LogP contribution < -0.4 is 14.4 Å². The number of ether oxygens (including phenoxy) is 3. The first-order chi connectivity index (χ1) is 10.1. The molecule has 1 aliphatic rings. The van der Waals surface area contributed by atoms with Crippen LogP contribution in [-0.2, 0) is 4.74 Å². The standard InChI is InChI=1S/C14H19ClN2O4/c1-19-12-9-11(13(20-2)8-10(12)15)16-4-6-17(7-5-16)14(18)21-3/h8-9H,4-7H2,1-3H3. The smallest absolute Gasteiger partial charge is 0.409 e. The van der Waals surface area contributed by atoms with Crippen molar-refractivity contribution in [2.24, 2.45) is 0 Å². The highest BCUT2D eigenvalue weighted by Crippen LogP contribution is 2.38. The van der Waals surface area contributed by atoms with Crippen molar-refractivity contribution in [2.75, 3.05) is 52.4 Å². The number of amides is 1. The van der Waals surface area contributed by atoms with E-state index in [4.69, 9.17) is 25.8 Å². The maximum absolute atomic E-state index is 11.5. The van der Waals surface area contributed by atoms with Gasteiger partial charge in [-0.25, -0.2) is 4.79 Å². The lowest BCUT2D eigenvalue weighted by Crippen LogP contribution is -2.48. The molecule has 7 heteroatoms. The van der Waals surface area contributed by atoms with Crippen molar-refractivity contribution in [1.29, 1.82) is 0 Å². The molecule has 2 rings (SSSR count). The summed E-state index contributed by atoms with van der Waals surface area (Å²) >= 11 is 6.11. The molecule has 0 N–H and O–H groups in total. The number of anilines is 1. The molecule has 1 heterocycles. The topological polar surface area (TPSA) is 51.2 Å². The van der Waals surface area contributed by atoms with Gasteiger partial charge in [0.25, 0.3) is 0 Å². The van der Waals surface area contributed by atoms with E-state index in [9.17, 15) is 4.79 Å². The van der Waals surface area contributed by atoms with Crippen molar-refractivity contribution in [2.45, 2.75) is 0 Å². The zero-order valence-corrected chi connectivity index (χ0v) is 13.1. The molecule has 1 saturated heterocycles. The Hall–Kier alpha value is -1.82. The van der Waals surface area contributed by atoms with Crippen LogP contribution in [0.5, 0.6) is 11.5 Å². The van der Waals surface area contributed by atoms with Gasteiger partial charge in [0.05, 0.1) is 32.0 Å². The Morgan fingerprint density at radius 2 is 1.67 bits per heavy atom. The molecule has 0 saturated carbocycles. The second-order valence-electron chi connectivity index (χ2n) is 4.60. The van der Waals surface area contributed by atoms with E-state index >= 15 is 0 Å². The summed E-state index contributed by atoms with van der Waals surface area (Å²) in [7, 11) is 4.57. The Kier molecular flexibility index (Phi) is 5.01. The SMILES string of the molecule is COC(=O)N1CCN(c2cc(OC)c(Cl)cc2OC)CC1. The molecule has 0 aliphatic carbocycles. The molecule has 1 aliphatic heterocycles. The molecule has 0 bridgehead atoms. The van der Waals surface area contributed by atoms with Crippen LogP contribution in [0.1, 0.15) is 0 Å². The number of halogens is 1. The molecule has 0 atom stereocenters. The molecule has 1 aromatic carbocycles. The summed E-state index contributed by atoms with van der Waals surface area (Å²) in [6.07, 6.45) is -0.296. The molecule has 1 aromatic rings. The first-order valence-corrected chi connectivity index (χ1v) is 6.98. The Labute approximate surface area is 129 Å². The van der Waals surface area contributed by atoms with Gasteiger partial charge in [0.15, 0.2) is 0 Å². The van der Waals surface area contributed by atoms with Gasteiger partial charge in [-0.05, 0) is 0 Å². The number of rotatable bonds is 3.